The van der Waals surface area contributed by atoms with Crippen molar-refractivity contribution in [3.8, 4) is 0 Å². The zero-order valence-corrected chi connectivity index (χ0v) is 7.09. The first-order valence-corrected chi connectivity index (χ1v) is 5.02. The summed E-state index contributed by atoms with van der Waals surface area (Å²) in [7, 11) is 0. The summed E-state index contributed by atoms with van der Waals surface area (Å²) in [4.78, 5) is 0. The molecule has 1 fully saturated rings. The molecule has 0 aromatic heterocycles. The fourth-order valence-corrected chi connectivity index (χ4v) is 1.89. The quantitative estimate of drug-likeness (QED) is 0.375. The lowest BCUT2D eigenvalue weighted by molar-refractivity contribution is 0.426. The first kappa shape index (κ1) is 7.76. The van der Waals surface area contributed by atoms with Crippen LogP contribution in [-0.4, -0.2) is 30.0 Å². The molecule has 0 aromatic carbocycles. The van der Waals surface area contributed by atoms with Crippen LogP contribution >= 0.6 is 24.4 Å². The van der Waals surface area contributed by atoms with Gasteiger partial charge in [-0.3, -0.25) is 0 Å². The third-order valence-electron chi connectivity index (χ3n) is 1.15. The summed E-state index contributed by atoms with van der Waals surface area (Å²) in [6.45, 7) is 0.994. The average molecular weight is 164 g/mol. The maximum atomic E-state index is 5.05. The van der Waals surface area contributed by atoms with Crippen LogP contribution in [0.15, 0.2) is 0 Å². The summed E-state index contributed by atoms with van der Waals surface area (Å²) >= 11 is 6.09. The van der Waals surface area contributed by atoms with Gasteiger partial charge in [0.05, 0.1) is 12.7 Å². The molecule has 1 heterocycles. The molecule has 1 rings (SSSR count). The lowest BCUT2D eigenvalue weighted by Gasteiger charge is -1.94. The SMILES string of the molecule is SCCCSCC1CO1. The molecule has 54 valence electrons. The Kier molecular flexibility index (Phi) is 3.86. The third-order valence-corrected chi connectivity index (χ3v) is 2.65. The van der Waals surface area contributed by atoms with Crippen LogP contribution in [0.4, 0.5) is 0 Å². The van der Waals surface area contributed by atoms with E-state index in [1.807, 2.05) is 11.8 Å². The smallest absolute Gasteiger partial charge is 0.0900 e. The fourth-order valence-electron chi connectivity index (χ4n) is 0.546. The van der Waals surface area contributed by atoms with Crippen molar-refractivity contribution in [2.75, 3.05) is 23.9 Å². The van der Waals surface area contributed by atoms with E-state index in [9.17, 15) is 0 Å². The molecule has 1 nitrogen and oxygen atoms in total. The standard InChI is InChI=1S/C6H12OS2/c8-2-1-3-9-5-6-4-7-6/h6,8H,1-5H2. The molecule has 1 atom stereocenters. The molecule has 0 aromatic rings. The van der Waals surface area contributed by atoms with Gasteiger partial charge < -0.3 is 4.74 Å². The highest BCUT2D eigenvalue weighted by molar-refractivity contribution is 7.99. The largest absolute Gasteiger partial charge is 0.372 e. The van der Waals surface area contributed by atoms with Crippen molar-refractivity contribution in [2.24, 2.45) is 0 Å². The number of epoxide rings is 1. The van der Waals surface area contributed by atoms with Gasteiger partial charge in [0.1, 0.15) is 0 Å². The minimum atomic E-state index is 0.593. The van der Waals surface area contributed by atoms with Crippen molar-refractivity contribution >= 4 is 24.4 Å². The Bertz CT molecular complexity index is 73.5. The van der Waals surface area contributed by atoms with Gasteiger partial charge >= 0.3 is 0 Å². The topological polar surface area (TPSA) is 12.5 Å². The monoisotopic (exact) mass is 164 g/mol. The van der Waals surface area contributed by atoms with Crippen LogP contribution < -0.4 is 0 Å². The second-order valence-electron chi connectivity index (χ2n) is 2.11. The van der Waals surface area contributed by atoms with E-state index in [0.29, 0.717) is 6.10 Å². The minimum Gasteiger partial charge on any atom is -0.372 e. The van der Waals surface area contributed by atoms with Gasteiger partial charge in [-0.1, -0.05) is 0 Å². The Morgan fingerprint density at radius 3 is 3.00 bits per heavy atom. The van der Waals surface area contributed by atoms with Gasteiger partial charge in [-0.05, 0) is 17.9 Å². The Balaban J connectivity index is 1.71. The van der Waals surface area contributed by atoms with Crippen LogP contribution in [0.3, 0.4) is 0 Å². The minimum absolute atomic E-state index is 0.593. The number of hydrogen-bond donors (Lipinski definition) is 1. The van der Waals surface area contributed by atoms with Crippen molar-refractivity contribution in [2.45, 2.75) is 12.5 Å². The summed E-state index contributed by atoms with van der Waals surface area (Å²) in [5.41, 5.74) is 0. The van der Waals surface area contributed by atoms with Crippen molar-refractivity contribution in [1.82, 2.24) is 0 Å². The lowest BCUT2D eigenvalue weighted by atomic mass is 10.6. The maximum absolute atomic E-state index is 5.05. The highest BCUT2D eigenvalue weighted by Gasteiger charge is 2.21. The van der Waals surface area contributed by atoms with Gasteiger partial charge in [0, 0.05) is 5.75 Å². The zero-order chi connectivity index (χ0) is 6.53. The molecule has 1 saturated heterocycles. The first-order chi connectivity index (χ1) is 4.43. The lowest BCUT2D eigenvalue weighted by Crippen LogP contribution is -1.90. The van der Waals surface area contributed by atoms with E-state index in [1.54, 1.807) is 0 Å². The summed E-state index contributed by atoms with van der Waals surface area (Å²) in [6.07, 6.45) is 1.82. The molecule has 1 aliphatic rings. The van der Waals surface area contributed by atoms with Crippen LogP contribution in [0, 0.1) is 0 Å². The van der Waals surface area contributed by atoms with Crippen molar-refractivity contribution < 1.29 is 4.74 Å². The van der Waals surface area contributed by atoms with Gasteiger partial charge in [-0.25, -0.2) is 0 Å². The Morgan fingerprint density at radius 2 is 2.44 bits per heavy atom. The Morgan fingerprint density at radius 1 is 1.67 bits per heavy atom. The van der Waals surface area contributed by atoms with Crippen LogP contribution in [0.5, 0.6) is 0 Å². The Labute approximate surface area is 65.9 Å². The number of thioether (sulfide) groups is 1. The number of rotatable bonds is 5. The van der Waals surface area contributed by atoms with Gasteiger partial charge in [0.15, 0.2) is 0 Å². The number of ether oxygens (including phenoxy) is 1. The van der Waals surface area contributed by atoms with E-state index in [2.05, 4.69) is 12.6 Å². The van der Waals surface area contributed by atoms with Gasteiger partial charge in [-0.2, -0.15) is 24.4 Å². The van der Waals surface area contributed by atoms with Crippen LogP contribution in [0.2, 0.25) is 0 Å². The molecule has 0 saturated carbocycles. The molecular weight excluding hydrogens is 152 g/mol. The predicted molar refractivity (Wildman–Crippen MR) is 45.5 cm³/mol. The van der Waals surface area contributed by atoms with E-state index in [1.165, 1.54) is 17.9 Å². The fraction of sp³-hybridized carbons (Fsp3) is 1.00. The summed E-state index contributed by atoms with van der Waals surface area (Å²) in [5.74, 6) is 3.44. The first-order valence-electron chi connectivity index (χ1n) is 3.23. The second kappa shape index (κ2) is 4.47. The molecule has 1 unspecified atom stereocenters. The van der Waals surface area contributed by atoms with Crippen molar-refractivity contribution in [3.05, 3.63) is 0 Å². The van der Waals surface area contributed by atoms with E-state index in [4.69, 9.17) is 4.74 Å². The highest BCUT2D eigenvalue weighted by atomic mass is 32.2. The predicted octanol–water partition coefficient (Wildman–Crippen LogP) is 1.44. The zero-order valence-electron chi connectivity index (χ0n) is 5.38. The Hall–Kier alpha value is 0.660. The number of thiol groups is 1. The van der Waals surface area contributed by atoms with E-state index >= 15 is 0 Å². The van der Waals surface area contributed by atoms with E-state index < -0.39 is 0 Å². The maximum Gasteiger partial charge on any atom is 0.0900 e. The summed E-state index contributed by atoms with van der Waals surface area (Å²) in [6, 6.07) is 0. The summed E-state index contributed by atoms with van der Waals surface area (Å²) in [5, 5.41) is 0. The second-order valence-corrected chi connectivity index (χ2v) is 3.70. The molecule has 0 N–H and O–H groups in total. The molecule has 0 amide bonds. The molecule has 0 radical (unpaired) electrons. The van der Waals surface area contributed by atoms with Crippen LogP contribution in [0.1, 0.15) is 6.42 Å². The molecule has 0 bridgehead atoms. The van der Waals surface area contributed by atoms with Crippen molar-refractivity contribution in [1.29, 1.82) is 0 Å². The molecule has 9 heavy (non-hydrogen) atoms. The van der Waals surface area contributed by atoms with Crippen LogP contribution in [0.25, 0.3) is 0 Å². The third kappa shape index (κ3) is 4.12. The summed E-state index contributed by atoms with van der Waals surface area (Å²) < 4.78 is 5.05. The van der Waals surface area contributed by atoms with Crippen LogP contribution in [-0.2, 0) is 4.74 Å². The molecule has 0 aliphatic carbocycles. The van der Waals surface area contributed by atoms with E-state index in [-0.39, 0.29) is 0 Å². The highest BCUT2D eigenvalue weighted by Crippen LogP contribution is 2.16. The van der Waals surface area contributed by atoms with Gasteiger partial charge in [-0.15, -0.1) is 0 Å². The molecule has 3 heteroatoms. The normalized spacial score (nSPS) is 24.3. The average Bonchev–Trinajstić information content (AvgIpc) is 2.63. The molecule has 1 aliphatic heterocycles. The number of hydrogen-bond acceptors (Lipinski definition) is 3. The van der Waals surface area contributed by atoms with E-state index in [0.717, 1.165) is 12.4 Å². The molecular formula is C6H12OS2. The van der Waals surface area contributed by atoms with Crippen molar-refractivity contribution in [3.63, 3.8) is 0 Å². The van der Waals surface area contributed by atoms with Gasteiger partial charge in [0.25, 0.3) is 0 Å². The van der Waals surface area contributed by atoms with Gasteiger partial charge in [0.2, 0.25) is 0 Å². The molecule has 0 spiro atoms.